The third-order valence-corrected chi connectivity index (χ3v) is 4.22. The highest BCUT2D eigenvalue weighted by molar-refractivity contribution is 6.03. The zero-order valence-corrected chi connectivity index (χ0v) is 13.7. The molecule has 2 aromatic carbocycles. The number of hydrogen-bond acceptors (Lipinski definition) is 4. The van der Waals surface area contributed by atoms with Crippen molar-refractivity contribution >= 4 is 29.0 Å². The van der Waals surface area contributed by atoms with E-state index in [-0.39, 0.29) is 18.7 Å². The molecule has 2 aliphatic heterocycles. The molecule has 0 unspecified atom stereocenters. The van der Waals surface area contributed by atoms with Gasteiger partial charge < -0.3 is 25.0 Å². The Hall–Kier alpha value is -3.22. The lowest BCUT2D eigenvalue weighted by atomic mass is 10.1. The summed E-state index contributed by atoms with van der Waals surface area (Å²) in [6, 6.07) is 10.3. The van der Waals surface area contributed by atoms with Gasteiger partial charge in [-0.05, 0) is 42.8 Å². The van der Waals surface area contributed by atoms with Crippen molar-refractivity contribution in [1.82, 2.24) is 0 Å². The minimum absolute atomic E-state index is 0.0828. The average molecular weight is 339 g/mol. The molecule has 3 amide bonds. The molecule has 2 N–H and O–H groups in total. The molecule has 7 nitrogen and oxygen atoms in total. The van der Waals surface area contributed by atoms with Crippen LogP contribution in [0, 0.1) is 0 Å². The largest absolute Gasteiger partial charge is 0.454 e. The standard InChI is InChI=1S/C18H17N3O4/c1-2-21-14-5-3-12(7-11(14)8-17(21)22)19-18(23)20-13-4-6-15-16(9-13)25-10-24-15/h3-7,9H,2,8,10H2,1H3,(H2,19,20,23). The van der Waals surface area contributed by atoms with Gasteiger partial charge >= 0.3 is 6.03 Å². The van der Waals surface area contributed by atoms with Gasteiger partial charge in [0.2, 0.25) is 12.7 Å². The molecule has 0 saturated carbocycles. The van der Waals surface area contributed by atoms with E-state index in [0.29, 0.717) is 35.8 Å². The van der Waals surface area contributed by atoms with Gasteiger partial charge in [0.25, 0.3) is 0 Å². The SMILES string of the molecule is CCN1C(=O)Cc2cc(NC(=O)Nc3ccc4c(c3)OCO4)ccc21. The first kappa shape index (κ1) is 15.3. The van der Waals surface area contributed by atoms with Gasteiger partial charge in [0, 0.05) is 29.7 Å². The Labute approximate surface area is 144 Å². The number of amides is 3. The Kier molecular flexibility index (Phi) is 3.68. The second kappa shape index (κ2) is 6.01. The molecule has 2 aromatic rings. The van der Waals surface area contributed by atoms with E-state index in [9.17, 15) is 9.59 Å². The van der Waals surface area contributed by atoms with Gasteiger partial charge in [-0.25, -0.2) is 4.79 Å². The summed E-state index contributed by atoms with van der Waals surface area (Å²) < 4.78 is 10.5. The Bertz CT molecular complexity index is 865. The first-order chi connectivity index (χ1) is 12.1. The van der Waals surface area contributed by atoms with Gasteiger partial charge in [-0.1, -0.05) is 0 Å². The predicted octanol–water partition coefficient (Wildman–Crippen LogP) is 2.97. The van der Waals surface area contributed by atoms with Crippen LogP contribution in [0.3, 0.4) is 0 Å². The monoisotopic (exact) mass is 339 g/mol. The van der Waals surface area contributed by atoms with E-state index in [1.165, 1.54) is 0 Å². The molecule has 25 heavy (non-hydrogen) atoms. The molecule has 0 radical (unpaired) electrons. The molecule has 7 heteroatoms. The van der Waals surface area contributed by atoms with Crippen LogP contribution in [0.2, 0.25) is 0 Å². The summed E-state index contributed by atoms with van der Waals surface area (Å²) in [5.41, 5.74) is 3.08. The predicted molar refractivity (Wildman–Crippen MR) is 93.4 cm³/mol. The fraction of sp³-hybridized carbons (Fsp3) is 0.222. The zero-order chi connectivity index (χ0) is 17.4. The fourth-order valence-corrected chi connectivity index (χ4v) is 3.08. The summed E-state index contributed by atoms with van der Waals surface area (Å²) in [5.74, 6) is 1.35. The van der Waals surface area contributed by atoms with Crippen molar-refractivity contribution in [2.24, 2.45) is 0 Å². The van der Waals surface area contributed by atoms with Crippen LogP contribution >= 0.6 is 0 Å². The Morgan fingerprint density at radius 3 is 2.60 bits per heavy atom. The molecule has 4 rings (SSSR count). The van der Waals surface area contributed by atoms with Crippen molar-refractivity contribution in [1.29, 1.82) is 0 Å². The van der Waals surface area contributed by atoms with Crippen molar-refractivity contribution in [2.45, 2.75) is 13.3 Å². The number of benzene rings is 2. The number of carbonyl (C=O) groups excluding carboxylic acids is 2. The molecule has 0 saturated heterocycles. The number of hydrogen-bond donors (Lipinski definition) is 2. The second-order valence-corrected chi connectivity index (χ2v) is 5.81. The van der Waals surface area contributed by atoms with Gasteiger partial charge in [0.15, 0.2) is 11.5 Å². The number of nitrogens with one attached hydrogen (secondary N) is 2. The first-order valence-corrected chi connectivity index (χ1v) is 8.05. The van der Waals surface area contributed by atoms with Gasteiger partial charge in [-0.15, -0.1) is 0 Å². The first-order valence-electron chi connectivity index (χ1n) is 8.05. The lowest BCUT2D eigenvalue weighted by Gasteiger charge is -2.15. The topological polar surface area (TPSA) is 79.9 Å². The second-order valence-electron chi connectivity index (χ2n) is 5.81. The van der Waals surface area contributed by atoms with Crippen LogP contribution in [0.25, 0.3) is 0 Å². The van der Waals surface area contributed by atoms with Crippen LogP contribution in [0.5, 0.6) is 11.5 Å². The van der Waals surface area contributed by atoms with E-state index in [1.54, 1.807) is 29.2 Å². The molecule has 0 bridgehead atoms. The van der Waals surface area contributed by atoms with Crippen LogP contribution in [0.4, 0.5) is 21.9 Å². The lowest BCUT2D eigenvalue weighted by molar-refractivity contribution is -0.117. The summed E-state index contributed by atoms with van der Waals surface area (Å²) >= 11 is 0. The maximum absolute atomic E-state index is 12.2. The van der Waals surface area contributed by atoms with Crippen LogP contribution in [-0.2, 0) is 11.2 Å². The number of fused-ring (bicyclic) bond motifs is 2. The van der Waals surface area contributed by atoms with Crippen molar-refractivity contribution in [3.05, 3.63) is 42.0 Å². The molecule has 0 aliphatic carbocycles. The maximum Gasteiger partial charge on any atom is 0.323 e. The number of nitrogens with zero attached hydrogens (tertiary/aromatic N) is 1. The molecular weight excluding hydrogens is 322 g/mol. The minimum Gasteiger partial charge on any atom is -0.454 e. The molecule has 2 heterocycles. The number of carbonyl (C=O) groups is 2. The molecule has 128 valence electrons. The highest BCUT2D eigenvalue weighted by atomic mass is 16.7. The summed E-state index contributed by atoms with van der Waals surface area (Å²) in [7, 11) is 0. The normalized spacial score (nSPS) is 14.4. The van der Waals surface area contributed by atoms with Crippen molar-refractivity contribution in [3.63, 3.8) is 0 Å². The van der Waals surface area contributed by atoms with Gasteiger partial charge in [-0.2, -0.15) is 0 Å². The summed E-state index contributed by atoms with van der Waals surface area (Å²) in [5, 5.41) is 5.54. The maximum atomic E-state index is 12.2. The molecule has 2 aliphatic rings. The minimum atomic E-state index is -0.365. The summed E-state index contributed by atoms with van der Waals surface area (Å²) in [4.78, 5) is 25.9. The van der Waals surface area contributed by atoms with E-state index in [0.717, 1.165) is 11.3 Å². The summed E-state index contributed by atoms with van der Waals surface area (Å²) in [6.45, 7) is 2.77. The van der Waals surface area contributed by atoms with E-state index in [4.69, 9.17) is 9.47 Å². The lowest BCUT2D eigenvalue weighted by Crippen LogP contribution is -2.25. The third kappa shape index (κ3) is 2.84. The van der Waals surface area contributed by atoms with Crippen LogP contribution in [0.15, 0.2) is 36.4 Å². The number of anilines is 3. The van der Waals surface area contributed by atoms with Crippen molar-refractivity contribution in [2.75, 3.05) is 28.9 Å². The Morgan fingerprint density at radius 2 is 1.80 bits per heavy atom. The number of ether oxygens (including phenoxy) is 2. The van der Waals surface area contributed by atoms with E-state index in [2.05, 4.69) is 10.6 Å². The molecule has 0 fully saturated rings. The van der Waals surface area contributed by atoms with E-state index < -0.39 is 0 Å². The van der Waals surface area contributed by atoms with Crippen LogP contribution in [0.1, 0.15) is 12.5 Å². The highest BCUT2D eigenvalue weighted by Crippen LogP contribution is 2.34. The third-order valence-electron chi connectivity index (χ3n) is 4.22. The van der Waals surface area contributed by atoms with Crippen LogP contribution < -0.4 is 25.0 Å². The van der Waals surface area contributed by atoms with Crippen molar-refractivity contribution in [3.8, 4) is 11.5 Å². The van der Waals surface area contributed by atoms with Crippen LogP contribution in [-0.4, -0.2) is 25.3 Å². The smallest absolute Gasteiger partial charge is 0.323 e. The average Bonchev–Trinajstić information content (AvgIpc) is 3.16. The van der Waals surface area contributed by atoms with Gasteiger partial charge in [-0.3, -0.25) is 4.79 Å². The molecular formula is C18H17N3O4. The summed E-state index contributed by atoms with van der Waals surface area (Å²) in [6.07, 6.45) is 0.364. The Balaban J connectivity index is 1.45. The van der Waals surface area contributed by atoms with Gasteiger partial charge in [0.05, 0.1) is 6.42 Å². The van der Waals surface area contributed by atoms with E-state index in [1.807, 2.05) is 19.1 Å². The quantitative estimate of drug-likeness (QED) is 0.901. The van der Waals surface area contributed by atoms with Gasteiger partial charge in [0.1, 0.15) is 0 Å². The number of urea groups is 1. The highest BCUT2D eigenvalue weighted by Gasteiger charge is 2.26. The Morgan fingerprint density at radius 1 is 1.08 bits per heavy atom. The van der Waals surface area contributed by atoms with Crippen molar-refractivity contribution < 1.29 is 19.1 Å². The number of likely N-dealkylation sites (N-methyl/N-ethyl adjacent to an activating group) is 1. The number of rotatable bonds is 3. The molecule has 0 spiro atoms. The molecule has 0 aromatic heterocycles. The zero-order valence-electron chi connectivity index (χ0n) is 13.7. The fourth-order valence-electron chi connectivity index (χ4n) is 3.08. The molecule has 0 atom stereocenters. The van der Waals surface area contributed by atoms with E-state index >= 15 is 0 Å².